The number of pyridine rings is 1. The monoisotopic (exact) mass is 438 g/mol. The third-order valence-corrected chi connectivity index (χ3v) is 5.34. The molecule has 0 spiro atoms. The number of likely N-dealkylation sites (N-methyl/N-ethyl adjacent to an activating group) is 1. The van der Waals surface area contributed by atoms with Gasteiger partial charge in [-0.15, -0.1) is 0 Å². The van der Waals surface area contributed by atoms with E-state index >= 15 is 0 Å². The van der Waals surface area contributed by atoms with Crippen molar-refractivity contribution < 1.29 is 14.3 Å². The zero-order valence-electron chi connectivity index (χ0n) is 18.2. The maximum Gasteiger partial charge on any atom is 0.341 e. The van der Waals surface area contributed by atoms with Crippen molar-refractivity contribution >= 4 is 22.4 Å². The number of hydrogen-bond acceptors (Lipinski definition) is 6. The van der Waals surface area contributed by atoms with Crippen LogP contribution in [0.3, 0.4) is 0 Å². The molecule has 2 aromatic carbocycles. The number of fused-ring (bicyclic) bond motifs is 3. The Balaban J connectivity index is 1.48. The van der Waals surface area contributed by atoms with E-state index in [0.717, 1.165) is 22.0 Å². The lowest BCUT2D eigenvalue weighted by molar-refractivity contribution is 0.0475. The van der Waals surface area contributed by atoms with Crippen LogP contribution in [0.4, 0.5) is 0 Å². The fourth-order valence-electron chi connectivity index (χ4n) is 3.83. The Morgan fingerprint density at radius 1 is 1.06 bits per heavy atom. The molecule has 0 aliphatic heterocycles. The maximum absolute atomic E-state index is 13.0. The molecule has 164 valence electrons. The highest BCUT2D eigenvalue weighted by atomic mass is 16.5. The van der Waals surface area contributed by atoms with Crippen molar-refractivity contribution in [2.24, 2.45) is 0 Å². The fraction of sp³-hybridized carbons (Fsp3) is 0.192. The van der Waals surface area contributed by atoms with Crippen molar-refractivity contribution in [3.05, 3.63) is 83.6 Å². The SMILES string of the molecule is CN(CCOC(=O)c1c2ccc(OCC#N)cc2n2ccccc12)Cc1cccc(C#N)c1. The van der Waals surface area contributed by atoms with Crippen LogP contribution in [0, 0.1) is 22.7 Å². The molecule has 0 saturated heterocycles. The lowest BCUT2D eigenvalue weighted by Gasteiger charge is -2.16. The van der Waals surface area contributed by atoms with Crippen molar-refractivity contribution in [3.63, 3.8) is 0 Å². The molecule has 0 unspecified atom stereocenters. The first-order chi connectivity index (χ1) is 16.1. The van der Waals surface area contributed by atoms with Crippen molar-refractivity contribution in [2.45, 2.75) is 6.54 Å². The van der Waals surface area contributed by atoms with Gasteiger partial charge in [-0.25, -0.2) is 4.79 Å². The predicted octanol–water partition coefficient (Wildman–Crippen LogP) is 4.16. The second kappa shape index (κ2) is 9.86. The third-order valence-electron chi connectivity index (χ3n) is 5.34. The molecular weight excluding hydrogens is 416 g/mol. The lowest BCUT2D eigenvalue weighted by atomic mass is 10.1. The Hall–Kier alpha value is -4.33. The van der Waals surface area contributed by atoms with Gasteiger partial charge in [-0.2, -0.15) is 10.5 Å². The first-order valence-corrected chi connectivity index (χ1v) is 10.5. The van der Waals surface area contributed by atoms with Crippen molar-refractivity contribution in [2.75, 3.05) is 26.8 Å². The van der Waals surface area contributed by atoms with E-state index < -0.39 is 0 Å². The zero-order chi connectivity index (χ0) is 23.2. The standard InChI is InChI=1S/C26H22N4O3/c1-29(18-20-6-4-5-19(15-20)17-28)12-14-33-26(31)25-22-9-8-21(32-13-10-27)16-24(22)30-11-3-2-7-23(25)30/h2-9,11,15-16H,12-14,18H2,1H3. The van der Waals surface area contributed by atoms with Gasteiger partial charge in [0.25, 0.3) is 0 Å². The highest BCUT2D eigenvalue weighted by Crippen LogP contribution is 2.30. The van der Waals surface area contributed by atoms with Crippen LogP contribution in [0.2, 0.25) is 0 Å². The molecule has 0 aliphatic carbocycles. The summed E-state index contributed by atoms with van der Waals surface area (Å²) in [6, 6.07) is 22.6. The van der Waals surface area contributed by atoms with Gasteiger partial charge >= 0.3 is 5.97 Å². The van der Waals surface area contributed by atoms with Crippen LogP contribution in [0.1, 0.15) is 21.5 Å². The van der Waals surface area contributed by atoms with Gasteiger partial charge in [-0.1, -0.05) is 18.2 Å². The Morgan fingerprint density at radius 3 is 2.76 bits per heavy atom. The van der Waals surface area contributed by atoms with E-state index in [1.165, 1.54) is 0 Å². The molecule has 0 amide bonds. The number of carbonyl (C=O) groups is 1. The minimum absolute atomic E-state index is 0.0436. The summed E-state index contributed by atoms with van der Waals surface area (Å²) in [5.41, 5.74) is 3.71. The van der Waals surface area contributed by atoms with E-state index in [4.69, 9.17) is 20.0 Å². The van der Waals surface area contributed by atoms with E-state index in [1.54, 1.807) is 12.1 Å². The number of esters is 1. The molecule has 4 rings (SSSR count). The third kappa shape index (κ3) is 4.79. The number of aromatic nitrogens is 1. The molecule has 2 aromatic heterocycles. The van der Waals surface area contributed by atoms with Crippen LogP contribution in [0.25, 0.3) is 16.4 Å². The van der Waals surface area contributed by atoms with Gasteiger partial charge in [-0.3, -0.25) is 4.90 Å². The Morgan fingerprint density at radius 2 is 1.94 bits per heavy atom. The summed E-state index contributed by atoms with van der Waals surface area (Å²) in [6.45, 7) is 1.40. The summed E-state index contributed by atoms with van der Waals surface area (Å²) in [6.07, 6.45) is 1.88. The van der Waals surface area contributed by atoms with Gasteiger partial charge in [0, 0.05) is 30.7 Å². The van der Waals surface area contributed by atoms with E-state index in [2.05, 4.69) is 6.07 Å². The molecular formula is C26H22N4O3. The largest absolute Gasteiger partial charge is 0.479 e. The fourth-order valence-corrected chi connectivity index (χ4v) is 3.83. The van der Waals surface area contributed by atoms with Crippen LogP contribution in [-0.4, -0.2) is 42.1 Å². The molecule has 2 heterocycles. The molecule has 7 nitrogen and oxygen atoms in total. The van der Waals surface area contributed by atoms with Crippen molar-refractivity contribution in [1.29, 1.82) is 10.5 Å². The maximum atomic E-state index is 13.0. The van der Waals surface area contributed by atoms with Gasteiger partial charge in [-0.05, 0) is 49.0 Å². The van der Waals surface area contributed by atoms with Gasteiger partial charge in [0.05, 0.1) is 28.2 Å². The molecule has 0 radical (unpaired) electrons. The lowest BCUT2D eigenvalue weighted by Crippen LogP contribution is -2.24. The summed E-state index contributed by atoms with van der Waals surface area (Å²) in [4.78, 5) is 15.1. The summed E-state index contributed by atoms with van der Waals surface area (Å²) in [5, 5.41) is 18.6. The average molecular weight is 438 g/mol. The number of benzene rings is 2. The highest BCUT2D eigenvalue weighted by molar-refractivity contribution is 6.11. The molecule has 0 N–H and O–H groups in total. The van der Waals surface area contributed by atoms with Crippen LogP contribution in [0.15, 0.2) is 66.9 Å². The molecule has 4 aromatic rings. The number of ether oxygens (including phenoxy) is 2. The Labute approximate surface area is 191 Å². The summed E-state index contributed by atoms with van der Waals surface area (Å²) in [7, 11) is 1.94. The van der Waals surface area contributed by atoms with Crippen LogP contribution in [-0.2, 0) is 11.3 Å². The second-order valence-corrected chi connectivity index (χ2v) is 7.64. The van der Waals surface area contributed by atoms with E-state index in [9.17, 15) is 4.79 Å². The van der Waals surface area contributed by atoms with Crippen LogP contribution >= 0.6 is 0 Å². The first-order valence-electron chi connectivity index (χ1n) is 10.5. The highest BCUT2D eigenvalue weighted by Gasteiger charge is 2.20. The topological polar surface area (TPSA) is 90.8 Å². The van der Waals surface area contributed by atoms with Gasteiger partial charge in [0.15, 0.2) is 6.61 Å². The molecule has 33 heavy (non-hydrogen) atoms. The van der Waals surface area contributed by atoms with Crippen LogP contribution < -0.4 is 4.74 Å². The number of nitriles is 2. The van der Waals surface area contributed by atoms with E-state index in [0.29, 0.717) is 30.0 Å². The second-order valence-electron chi connectivity index (χ2n) is 7.64. The summed E-state index contributed by atoms with van der Waals surface area (Å²) in [5.74, 6) is 0.175. The number of hydrogen-bond donors (Lipinski definition) is 0. The normalized spacial score (nSPS) is 10.8. The van der Waals surface area contributed by atoms with Crippen LogP contribution in [0.5, 0.6) is 5.75 Å². The molecule has 0 bridgehead atoms. The first kappa shape index (κ1) is 21.9. The Bertz CT molecular complexity index is 1390. The van der Waals surface area contributed by atoms with Gasteiger partial charge in [0.1, 0.15) is 18.4 Å². The molecule has 0 fully saturated rings. The van der Waals surface area contributed by atoms with E-state index in [-0.39, 0.29) is 19.2 Å². The Kier molecular flexibility index (Phi) is 6.54. The van der Waals surface area contributed by atoms with Gasteiger partial charge < -0.3 is 13.9 Å². The van der Waals surface area contributed by atoms with E-state index in [1.807, 2.05) is 77.1 Å². The summed E-state index contributed by atoms with van der Waals surface area (Å²) < 4.78 is 13.0. The van der Waals surface area contributed by atoms with Crippen molar-refractivity contribution in [1.82, 2.24) is 9.30 Å². The number of rotatable bonds is 8. The zero-order valence-corrected chi connectivity index (χ0v) is 18.2. The smallest absolute Gasteiger partial charge is 0.341 e. The average Bonchev–Trinajstić information content (AvgIpc) is 3.16. The molecule has 0 saturated carbocycles. The minimum Gasteiger partial charge on any atom is -0.479 e. The van der Waals surface area contributed by atoms with Crippen molar-refractivity contribution in [3.8, 4) is 17.9 Å². The summed E-state index contributed by atoms with van der Waals surface area (Å²) >= 11 is 0. The molecule has 7 heteroatoms. The van der Waals surface area contributed by atoms with Gasteiger partial charge in [0.2, 0.25) is 0 Å². The molecule has 0 atom stereocenters. The predicted molar refractivity (Wildman–Crippen MR) is 124 cm³/mol. The quantitative estimate of drug-likeness (QED) is 0.384. The number of carbonyl (C=O) groups excluding carboxylic acids is 1. The minimum atomic E-state index is -0.390. The molecule has 0 aliphatic rings. The number of nitrogens with zero attached hydrogens (tertiary/aromatic N) is 4.